The van der Waals surface area contributed by atoms with Crippen LogP contribution in [-0.4, -0.2) is 0 Å². The van der Waals surface area contributed by atoms with Crippen molar-refractivity contribution in [1.29, 1.82) is 0 Å². The summed E-state index contributed by atoms with van der Waals surface area (Å²) in [6.45, 7) is 8.58. The van der Waals surface area contributed by atoms with E-state index in [0.717, 1.165) is 6.42 Å². The van der Waals surface area contributed by atoms with Crippen molar-refractivity contribution in [2.24, 2.45) is 0 Å². The fourth-order valence-corrected chi connectivity index (χ4v) is 2.91. The third-order valence-corrected chi connectivity index (χ3v) is 4.15. The molecule has 1 aromatic rings. The molecular formula is C20H33. The van der Waals surface area contributed by atoms with Gasteiger partial charge >= 0.3 is 0 Å². The summed E-state index contributed by atoms with van der Waals surface area (Å²) < 4.78 is 0. The van der Waals surface area contributed by atoms with Gasteiger partial charge < -0.3 is 0 Å². The molecule has 1 rings (SSSR count). The lowest BCUT2D eigenvalue weighted by atomic mass is 9.91. The molecule has 0 atom stereocenters. The van der Waals surface area contributed by atoms with Gasteiger partial charge in [0.1, 0.15) is 0 Å². The Morgan fingerprint density at radius 2 is 1.30 bits per heavy atom. The van der Waals surface area contributed by atoms with E-state index in [1.807, 2.05) is 0 Å². The van der Waals surface area contributed by atoms with E-state index in [4.69, 9.17) is 0 Å². The Morgan fingerprint density at radius 1 is 0.750 bits per heavy atom. The minimum Gasteiger partial charge on any atom is -0.0654 e. The number of hydrogen-bond donors (Lipinski definition) is 0. The molecule has 0 unspecified atom stereocenters. The summed E-state index contributed by atoms with van der Waals surface area (Å²) in [5.74, 6) is 0. The zero-order chi connectivity index (χ0) is 14.6. The molecule has 0 fully saturated rings. The van der Waals surface area contributed by atoms with E-state index in [0.29, 0.717) is 0 Å². The molecule has 0 N–H and O–H groups in total. The lowest BCUT2D eigenvalue weighted by Crippen LogP contribution is -2.01. The van der Waals surface area contributed by atoms with Gasteiger partial charge in [-0.25, -0.2) is 0 Å². The van der Waals surface area contributed by atoms with Crippen molar-refractivity contribution in [2.45, 2.75) is 84.5 Å². The van der Waals surface area contributed by atoms with E-state index in [1.54, 1.807) is 16.7 Å². The van der Waals surface area contributed by atoms with E-state index in [-0.39, 0.29) is 0 Å². The molecule has 0 aliphatic heterocycles. The van der Waals surface area contributed by atoms with Crippen molar-refractivity contribution in [3.8, 4) is 0 Å². The zero-order valence-corrected chi connectivity index (χ0v) is 13.7. The highest BCUT2D eigenvalue weighted by atomic mass is 14.1. The van der Waals surface area contributed by atoms with Crippen molar-refractivity contribution >= 4 is 0 Å². The smallest absolute Gasteiger partial charge is 0.0273 e. The fraction of sp³-hybridized carbons (Fsp3) is 0.650. The van der Waals surface area contributed by atoms with Crippen molar-refractivity contribution < 1.29 is 0 Å². The topological polar surface area (TPSA) is 0 Å². The standard InChI is InChI=1S/C20H33/c1-4-7-10-13-18-15-12-16-19(14-11-8-5-2)20(18)17-9-6-3/h12,15-16H,3-11,13-14,17H2,1-2H3. The molecule has 1 aromatic carbocycles. The second-order valence-corrected chi connectivity index (χ2v) is 5.93. The SMILES string of the molecule is [CH2]CCCc1c(CCCCC)cccc1CCCCC. The van der Waals surface area contributed by atoms with E-state index in [1.165, 1.54) is 64.2 Å². The van der Waals surface area contributed by atoms with Crippen molar-refractivity contribution in [3.05, 3.63) is 41.8 Å². The first-order valence-corrected chi connectivity index (χ1v) is 8.72. The van der Waals surface area contributed by atoms with Crippen LogP contribution in [0.2, 0.25) is 0 Å². The van der Waals surface area contributed by atoms with Crippen LogP contribution in [0.25, 0.3) is 0 Å². The average Bonchev–Trinajstić information content (AvgIpc) is 2.47. The first-order chi connectivity index (χ1) is 9.83. The van der Waals surface area contributed by atoms with Crippen LogP contribution in [0.1, 0.15) is 81.9 Å². The normalized spacial score (nSPS) is 10.9. The highest BCUT2D eigenvalue weighted by Gasteiger charge is 2.08. The molecule has 20 heavy (non-hydrogen) atoms. The molecule has 0 spiro atoms. The first-order valence-electron chi connectivity index (χ1n) is 8.72. The Bertz CT molecular complexity index is 323. The summed E-state index contributed by atoms with van der Waals surface area (Å²) >= 11 is 0. The van der Waals surface area contributed by atoms with E-state index >= 15 is 0 Å². The van der Waals surface area contributed by atoms with E-state index in [9.17, 15) is 0 Å². The monoisotopic (exact) mass is 273 g/mol. The molecule has 0 aliphatic rings. The van der Waals surface area contributed by atoms with Crippen molar-refractivity contribution in [1.82, 2.24) is 0 Å². The predicted octanol–water partition coefficient (Wildman–Crippen LogP) is 6.31. The largest absolute Gasteiger partial charge is 0.0654 e. The molecule has 0 heteroatoms. The van der Waals surface area contributed by atoms with Crippen LogP contribution in [0.15, 0.2) is 18.2 Å². The second-order valence-electron chi connectivity index (χ2n) is 5.93. The molecule has 0 amide bonds. The second kappa shape index (κ2) is 10.9. The molecule has 0 aliphatic carbocycles. The predicted molar refractivity (Wildman–Crippen MR) is 91.2 cm³/mol. The van der Waals surface area contributed by atoms with Crippen LogP contribution in [-0.2, 0) is 19.3 Å². The number of hydrogen-bond acceptors (Lipinski definition) is 0. The molecule has 0 aromatic heterocycles. The van der Waals surface area contributed by atoms with Crippen molar-refractivity contribution in [3.63, 3.8) is 0 Å². The minimum absolute atomic E-state index is 1.05. The lowest BCUT2D eigenvalue weighted by Gasteiger charge is -2.15. The van der Waals surface area contributed by atoms with Gasteiger partial charge in [0.25, 0.3) is 0 Å². The Labute approximate surface area is 127 Å². The molecule has 0 saturated heterocycles. The Balaban J connectivity index is 2.76. The summed E-state index contributed by atoms with van der Waals surface area (Å²) in [6.07, 6.45) is 14.1. The van der Waals surface area contributed by atoms with Crippen molar-refractivity contribution in [2.75, 3.05) is 0 Å². The number of aryl methyl sites for hydroxylation is 2. The highest BCUT2D eigenvalue weighted by molar-refractivity contribution is 5.36. The third kappa shape index (κ3) is 6.11. The summed E-state index contributed by atoms with van der Waals surface area (Å²) in [7, 11) is 0. The maximum atomic E-state index is 4.01. The number of rotatable bonds is 11. The van der Waals surface area contributed by atoms with Gasteiger partial charge in [0.2, 0.25) is 0 Å². The van der Waals surface area contributed by atoms with Gasteiger partial charge in [-0.3, -0.25) is 0 Å². The summed E-state index contributed by atoms with van der Waals surface area (Å²) in [4.78, 5) is 0. The quantitative estimate of drug-likeness (QED) is 0.414. The molecule has 0 saturated carbocycles. The van der Waals surface area contributed by atoms with Gasteiger partial charge in [-0.05, 0) is 55.2 Å². The van der Waals surface area contributed by atoms with Crippen LogP contribution < -0.4 is 0 Å². The van der Waals surface area contributed by atoms with Gasteiger partial charge in [0, 0.05) is 0 Å². The van der Waals surface area contributed by atoms with Crippen LogP contribution >= 0.6 is 0 Å². The Hall–Kier alpha value is -0.780. The van der Waals surface area contributed by atoms with Crippen LogP contribution in [0, 0.1) is 6.92 Å². The molecule has 0 bridgehead atoms. The van der Waals surface area contributed by atoms with E-state index < -0.39 is 0 Å². The zero-order valence-electron chi connectivity index (χ0n) is 13.7. The fourth-order valence-electron chi connectivity index (χ4n) is 2.91. The van der Waals surface area contributed by atoms with E-state index in [2.05, 4.69) is 39.0 Å². The number of benzene rings is 1. The first kappa shape index (κ1) is 17.3. The van der Waals surface area contributed by atoms with Gasteiger partial charge in [-0.15, -0.1) is 0 Å². The average molecular weight is 273 g/mol. The van der Waals surface area contributed by atoms with Gasteiger partial charge in [-0.2, -0.15) is 0 Å². The third-order valence-electron chi connectivity index (χ3n) is 4.15. The minimum atomic E-state index is 1.05. The summed E-state index contributed by atoms with van der Waals surface area (Å²) in [6, 6.07) is 6.99. The van der Waals surface area contributed by atoms with Crippen LogP contribution in [0.3, 0.4) is 0 Å². The molecule has 113 valence electrons. The summed E-state index contributed by atoms with van der Waals surface area (Å²) in [5, 5.41) is 0. The van der Waals surface area contributed by atoms with Gasteiger partial charge in [-0.1, -0.05) is 71.1 Å². The maximum Gasteiger partial charge on any atom is -0.0273 e. The molecular weight excluding hydrogens is 240 g/mol. The Kier molecular flexibility index (Phi) is 9.45. The van der Waals surface area contributed by atoms with Gasteiger partial charge in [0.15, 0.2) is 0 Å². The lowest BCUT2D eigenvalue weighted by molar-refractivity contribution is 0.694. The molecule has 0 nitrogen and oxygen atoms in total. The Morgan fingerprint density at radius 3 is 1.75 bits per heavy atom. The molecule has 0 heterocycles. The maximum absolute atomic E-state index is 4.01. The van der Waals surface area contributed by atoms with Crippen LogP contribution in [0.4, 0.5) is 0 Å². The van der Waals surface area contributed by atoms with Crippen LogP contribution in [0.5, 0.6) is 0 Å². The summed E-state index contributed by atoms with van der Waals surface area (Å²) in [5.41, 5.74) is 4.88. The molecule has 1 radical (unpaired) electrons. The highest BCUT2D eigenvalue weighted by Crippen LogP contribution is 2.22. The van der Waals surface area contributed by atoms with Gasteiger partial charge in [0.05, 0.1) is 0 Å². The number of unbranched alkanes of at least 4 members (excludes halogenated alkanes) is 5.